The third-order valence-electron chi connectivity index (χ3n) is 5.79. The molecule has 156 valence electrons. The number of carbonyl (C=O) groups is 1. The van der Waals surface area contributed by atoms with Gasteiger partial charge in [0.2, 0.25) is 5.91 Å². The largest absolute Gasteiger partial charge is 0.370 e. The molecule has 4 rings (SSSR count). The molecule has 2 aliphatic rings. The first-order valence-corrected chi connectivity index (χ1v) is 10.6. The van der Waals surface area contributed by atoms with Crippen molar-refractivity contribution in [1.82, 2.24) is 24.9 Å². The molecule has 1 fully saturated rings. The van der Waals surface area contributed by atoms with Gasteiger partial charge in [-0.15, -0.1) is 0 Å². The number of aromatic nitrogens is 2. The summed E-state index contributed by atoms with van der Waals surface area (Å²) in [7, 11) is 2.14. The lowest BCUT2D eigenvalue weighted by molar-refractivity contribution is -0.122. The molecule has 3 heterocycles. The van der Waals surface area contributed by atoms with E-state index in [0.29, 0.717) is 19.6 Å². The van der Waals surface area contributed by atoms with E-state index in [1.165, 1.54) is 11.1 Å². The van der Waals surface area contributed by atoms with Crippen LogP contribution in [0.15, 0.2) is 36.5 Å². The zero-order chi connectivity index (χ0) is 20.1. The quantitative estimate of drug-likeness (QED) is 0.763. The molecule has 1 atom stereocenters. The zero-order valence-corrected chi connectivity index (χ0v) is 17.2. The number of rotatable bonds is 7. The van der Waals surface area contributed by atoms with E-state index in [1.807, 2.05) is 22.9 Å². The van der Waals surface area contributed by atoms with E-state index >= 15 is 0 Å². The van der Waals surface area contributed by atoms with Crippen LogP contribution in [-0.4, -0.2) is 78.4 Å². The van der Waals surface area contributed by atoms with E-state index < -0.39 is 0 Å². The molecule has 0 radical (unpaired) electrons. The Kier molecular flexibility index (Phi) is 6.59. The monoisotopic (exact) mass is 397 g/mol. The second-order valence-electron chi connectivity index (χ2n) is 8.03. The van der Waals surface area contributed by atoms with Crippen LogP contribution >= 0.6 is 0 Å². The van der Waals surface area contributed by atoms with Gasteiger partial charge in [0.15, 0.2) is 0 Å². The van der Waals surface area contributed by atoms with Crippen molar-refractivity contribution >= 4 is 5.91 Å². The van der Waals surface area contributed by atoms with E-state index in [2.05, 4.69) is 40.5 Å². The van der Waals surface area contributed by atoms with Gasteiger partial charge in [0.25, 0.3) is 0 Å². The molecular weight excluding hydrogens is 366 g/mol. The van der Waals surface area contributed by atoms with Crippen molar-refractivity contribution in [2.45, 2.75) is 25.5 Å². The van der Waals surface area contributed by atoms with Crippen LogP contribution in [0.2, 0.25) is 0 Å². The van der Waals surface area contributed by atoms with Crippen molar-refractivity contribution < 1.29 is 9.53 Å². The second-order valence-corrected chi connectivity index (χ2v) is 8.03. The minimum absolute atomic E-state index is 0.0865. The highest BCUT2D eigenvalue weighted by molar-refractivity contribution is 5.76. The van der Waals surface area contributed by atoms with Crippen molar-refractivity contribution in [3.05, 3.63) is 53.3 Å². The summed E-state index contributed by atoms with van der Waals surface area (Å²) in [5, 5.41) is 7.81. The van der Waals surface area contributed by atoms with Gasteiger partial charge < -0.3 is 19.9 Å². The van der Waals surface area contributed by atoms with Crippen molar-refractivity contribution in [2.24, 2.45) is 0 Å². The predicted octanol–water partition coefficient (Wildman–Crippen LogP) is 1.30. The van der Waals surface area contributed by atoms with Gasteiger partial charge in [-0.3, -0.25) is 9.48 Å². The Bertz CT molecular complexity index is 799. The first kappa shape index (κ1) is 20.1. The Hall–Kier alpha value is -2.22. The highest BCUT2D eigenvalue weighted by atomic mass is 16.5. The van der Waals surface area contributed by atoms with Crippen LogP contribution in [0.4, 0.5) is 0 Å². The lowest BCUT2D eigenvalue weighted by Gasteiger charge is -2.32. The maximum atomic E-state index is 12.3. The molecule has 1 aromatic carbocycles. The number of hydrogen-bond donors (Lipinski definition) is 1. The topological polar surface area (TPSA) is 62.6 Å². The highest BCUT2D eigenvalue weighted by Gasteiger charge is 2.25. The first-order valence-electron chi connectivity index (χ1n) is 10.6. The van der Waals surface area contributed by atoms with Crippen molar-refractivity contribution in [2.75, 3.05) is 52.9 Å². The molecule has 0 bridgehead atoms. The number of ether oxygens (including phenoxy) is 1. The molecule has 1 N–H and O–H groups in total. The van der Waals surface area contributed by atoms with E-state index in [0.717, 1.165) is 51.4 Å². The fourth-order valence-corrected chi connectivity index (χ4v) is 3.96. The van der Waals surface area contributed by atoms with Gasteiger partial charge in [-0.1, -0.05) is 30.3 Å². The van der Waals surface area contributed by atoms with Gasteiger partial charge in [-0.25, -0.2) is 0 Å². The number of nitrogens with one attached hydrogen (secondary N) is 1. The molecule has 2 aliphatic heterocycles. The zero-order valence-electron chi connectivity index (χ0n) is 17.2. The molecule has 29 heavy (non-hydrogen) atoms. The molecule has 0 aliphatic carbocycles. The molecular formula is C22H31N5O2. The Morgan fingerprint density at radius 1 is 1.21 bits per heavy atom. The highest BCUT2D eigenvalue weighted by Crippen LogP contribution is 2.25. The van der Waals surface area contributed by atoms with Gasteiger partial charge >= 0.3 is 0 Å². The SMILES string of the molecule is CN1CCN(CCC(=O)NCC2OCCc3cn(Cc4ccccc4)nc32)CC1. The average Bonchev–Trinajstić information content (AvgIpc) is 3.15. The molecule has 7 heteroatoms. The van der Waals surface area contributed by atoms with Gasteiger partial charge in [-0.2, -0.15) is 5.10 Å². The minimum atomic E-state index is -0.164. The number of amides is 1. The van der Waals surface area contributed by atoms with E-state index in [4.69, 9.17) is 9.84 Å². The number of hydrogen-bond acceptors (Lipinski definition) is 5. The third-order valence-corrected chi connectivity index (χ3v) is 5.79. The summed E-state index contributed by atoms with van der Waals surface area (Å²) in [5.41, 5.74) is 3.41. The summed E-state index contributed by atoms with van der Waals surface area (Å²) >= 11 is 0. The summed E-state index contributed by atoms with van der Waals surface area (Å²) in [6, 6.07) is 10.3. The van der Waals surface area contributed by atoms with Crippen LogP contribution < -0.4 is 5.32 Å². The van der Waals surface area contributed by atoms with Gasteiger partial charge in [0, 0.05) is 51.9 Å². The number of benzene rings is 1. The normalized spacial score (nSPS) is 20.4. The van der Waals surface area contributed by atoms with Crippen molar-refractivity contribution in [3.63, 3.8) is 0 Å². The summed E-state index contributed by atoms with van der Waals surface area (Å²) < 4.78 is 7.90. The number of piperazine rings is 1. The number of likely N-dealkylation sites (N-methyl/N-ethyl adjacent to an activating group) is 1. The fourth-order valence-electron chi connectivity index (χ4n) is 3.96. The number of nitrogens with zero attached hydrogens (tertiary/aromatic N) is 4. The molecule has 1 amide bonds. The molecule has 1 aromatic heterocycles. The molecule has 2 aromatic rings. The Labute approximate surface area is 172 Å². The smallest absolute Gasteiger partial charge is 0.221 e. The van der Waals surface area contributed by atoms with Crippen molar-refractivity contribution in [3.8, 4) is 0 Å². The standard InChI is InChI=1S/C22H31N5O2/c1-25-10-12-26(13-11-25)9-7-21(28)23-15-20-22-19(8-14-29-20)17-27(24-22)16-18-5-3-2-4-6-18/h2-6,17,20H,7-16H2,1H3,(H,23,28). The number of carbonyl (C=O) groups excluding carboxylic acids is 1. The predicted molar refractivity (Wildman–Crippen MR) is 112 cm³/mol. The second kappa shape index (κ2) is 9.52. The van der Waals surface area contributed by atoms with Crippen molar-refractivity contribution in [1.29, 1.82) is 0 Å². The summed E-state index contributed by atoms with van der Waals surface area (Å²) in [6.45, 7) is 6.95. The molecule has 7 nitrogen and oxygen atoms in total. The maximum Gasteiger partial charge on any atom is 0.221 e. The van der Waals surface area contributed by atoms with Crippen LogP contribution in [0.5, 0.6) is 0 Å². The van der Waals surface area contributed by atoms with Crippen LogP contribution in [0, 0.1) is 0 Å². The molecule has 0 spiro atoms. The maximum absolute atomic E-state index is 12.3. The van der Waals surface area contributed by atoms with Gasteiger partial charge in [0.1, 0.15) is 6.10 Å². The van der Waals surface area contributed by atoms with Crippen LogP contribution in [0.1, 0.15) is 29.3 Å². The average molecular weight is 398 g/mol. The van der Waals surface area contributed by atoms with Crippen LogP contribution in [-0.2, 0) is 22.5 Å². The lowest BCUT2D eigenvalue weighted by Crippen LogP contribution is -2.45. The molecule has 1 saturated heterocycles. The van der Waals surface area contributed by atoms with E-state index in [9.17, 15) is 4.79 Å². The molecule has 0 saturated carbocycles. The summed E-state index contributed by atoms with van der Waals surface area (Å²) in [4.78, 5) is 17.0. The van der Waals surface area contributed by atoms with Gasteiger partial charge in [-0.05, 0) is 24.6 Å². The van der Waals surface area contributed by atoms with Gasteiger partial charge in [0.05, 0.1) is 18.8 Å². The summed E-state index contributed by atoms with van der Waals surface area (Å²) in [6.07, 6.45) is 3.36. The van der Waals surface area contributed by atoms with E-state index in [1.54, 1.807) is 0 Å². The first-order chi connectivity index (χ1) is 14.2. The Balaban J connectivity index is 1.27. The fraction of sp³-hybridized carbons (Fsp3) is 0.545. The number of fused-ring (bicyclic) bond motifs is 1. The van der Waals surface area contributed by atoms with Crippen LogP contribution in [0.3, 0.4) is 0 Å². The Morgan fingerprint density at radius 2 is 2.00 bits per heavy atom. The van der Waals surface area contributed by atoms with Crippen LogP contribution in [0.25, 0.3) is 0 Å². The third kappa shape index (κ3) is 5.44. The lowest BCUT2D eigenvalue weighted by atomic mass is 10.1. The summed E-state index contributed by atoms with van der Waals surface area (Å²) in [5.74, 6) is 0.0865. The molecule has 1 unspecified atom stereocenters. The van der Waals surface area contributed by atoms with E-state index in [-0.39, 0.29) is 12.0 Å². The Morgan fingerprint density at radius 3 is 2.79 bits per heavy atom. The minimum Gasteiger partial charge on any atom is -0.370 e.